The molecule has 1 atom stereocenters. The first-order valence-corrected chi connectivity index (χ1v) is 8.86. The summed E-state index contributed by atoms with van der Waals surface area (Å²) in [4.78, 5) is -0.622. The van der Waals surface area contributed by atoms with E-state index >= 15 is 0 Å². The third kappa shape index (κ3) is 2.88. The molecule has 1 unspecified atom stereocenters. The zero-order valence-electron chi connectivity index (χ0n) is 12.7. The van der Waals surface area contributed by atoms with E-state index in [0.717, 1.165) is 46.5 Å². The Balaban J connectivity index is 2.03. The van der Waals surface area contributed by atoms with E-state index in [-0.39, 0.29) is 6.04 Å². The molecular formula is C17H17F2NO2S. The lowest BCUT2D eigenvalue weighted by molar-refractivity contribution is 0.335. The van der Waals surface area contributed by atoms with Crippen molar-refractivity contribution in [2.45, 2.75) is 30.2 Å². The summed E-state index contributed by atoms with van der Waals surface area (Å²) in [6.45, 7) is 0. The number of hydrogen-bond donors (Lipinski definition) is 0. The molecule has 6 heteroatoms. The van der Waals surface area contributed by atoms with Crippen LogP contribution in [0.1, 0.15) is 30.0 Å². The predicted molar refractivity (Wildman–Crippen MR) is 83.4 cm³/mol. The quantitative estimate of drug-likeness (QED) is 0.857. The molecule has 1 aliphatic rings. The number of benzene rings is 2. The second-order valence-corrected chi connectivity index (χ2v) is 7.67. The molecule has 0 fully saturated rings. The van der Waals surface area contributed by atoms with E-state index in [4.69, 9.17) is 0 Å². The molecule has 0 aliphatic heterocycles. The van der Waals surface area contributed by atoms with E-state index in [1.807, 2.05) is 24.3 Å². The summed E-state index contributed by atoms with van der Waals surface area (Å²) >= 11 is 0. The fraction of sp³-hybridized carbons (Fsp3) is 0.294. The Hall–Kier alpha value is -1.79. The van der Waals surface area contributed by atoms with Gasteiger partial charge in [0.15, 0.2) is 0 Å². The molecule has 122 valence electrons. The summed E-state index contributed by atoms with van der Waals surface area (Å²) in [5.74, 6) is -1.72. The highest BCUT2D eigenvalue weighted by atomic mass is 32.2. The van der Waals surface area contributed by atoms with E-state index in [1.54, 1.807) is 0 Å². The van der Waals surface area contributed by atoms with Crippen molar-refractivity contribution in [2.24, 2.45) is 0 Å². The normalized spacial score (nSPS) is 18.0. The maximum atomic E-state index is 13.9. The lowest BCUT2D eigenvalue weighted by Crippen LogP contribution is -2.34. The van der Waals surface area contributed by atoms with Crippen LogP contribution in [0.25, 0.3) is 0 Å². The predicted octanol–water partition coefficient (Wildman–Crippen LogP) is 3.66. The number of sulfonamides is 1. The Morgan fingerprint density at radius 3 is 2.65 bits per heavy atom. The summed E-state index contributed by atoms with van der Waals surface area (Å²) in [6, 6.07) is 9.76. The van der Waals surface area contributed by atoms with E-state index in [9.17, 15) is 17.2 Å². The SMILES string of the molecule is CN(C1CCCc2ccccc21)S(=O)(=O)c1cc(F)ccc1F. The van der Waals surface area contributed by atoms with Crippen molar-refractivity contribution in [3.63, 3.8) is 0 Å². The summed E-state index contributed by atoms with van der Waals surface area (Å²) in [6.07, 6.45) is 2.41. The van der Waals surface area contributed by atoms with E-state index in [1.165, 1.54) is 7.05 Å². The monoisotopic (exact) mass is 337 g/mol. The largest absolute Gasteiger partial charge is 0.246 e. The van der Waals surface area contributed by atoms with Crippen molar-refractivity contribution in [3.8, 4) is 0 Å². The third-order valence-corrected chi connectivity index (χ3v) is 6.21. The van der Waals surface area contributed by atoms with Crippen molar-refractivity contribution in [3.05, 3.63) is 65.2 Å². The highest BCUT2D eigenvalue weighted by Gasteiger charge is 2.33. The van der Waals surface area contributed by atoms with Gasteiger partial charge in [0.25, 0.3) is 0 Å². The molecule has 3 nitrogen and oxygen atoms in total. The molecule has 0 aromatic heterocycles. The molecule has 0 spiro atoms. The molecule has 2 aromatic rings. The first-order chi connectivity index (χ1) is 10.9. The van der Waals surface area contributed by atoms with Crippen molar-refractivity contribution in [1.29, 1.82) is 0 Å². The summed E-state index contributed by atoms with van der Waals surface area (Å²) in [5, 5.41) is 0. The Morgan fingerprint density at radius 1 is 1.13 bits per heavy atom. The Kier molecular flexibility index (Phi) is 4.21. The van der Waals surface area contributed by atoms with Crippen LogP contribution in [0.3, 0.4) is 0 Å². The topological polar surface area (TPSA) is 37.4 Å². The van der Waals surface area contributed by atoms with Gasteiger partial charge in [0.2, 0.25) is 10.0 Å². The fourth-order valence-corrected chi connectivity index (χ4v) is 4.54. The van der Waals surface area contributed by atoms with E-state index < -0.39 is 26.6 Å². The van der Waals surface area contributed by atoms with Crippen LogP contribution in [0.4, 0.5) is 8.78 Å². The van der Waals surface area contributed by atoms with Gasteiger partial charge in [-0.05, 0) is 48.6 Å². The minimum Gasteiger partial charge on any atom is -0.207 e. The molecule has 2 aromatic carbocycles. The molecule has 23 heavy (non-hydrogen) atoms. The summed E-state index contributed by atoms with van der Waals surface area (Å²) < 4.78 is 53.9. The zero-order valence-corrected chi connectivity index (χ0v) is 13.5. The van der Waals surface area contributed by atoms with Gasteiger partial charge in [0.1, 0.15) is 16.5 Å². The van der Waals surface area contributed by atoms with Gasteiger partial charge in [-0.1, -0.05) is 24.3 Å². The zero-order chi connectivity index (χ0) is 16.6. The maximum absolute atomic E-state index is 13.9. The average molecular weight is 337 g/mol. The van der Waals surface area contributed by atoms with Crippen molar-refractivity contribution < 1.29 is 17.2 Å². The molecule has 0 amide bonds. The fourth-order valence-electron chi connectivity index (χ4n) is 3.10. The highest BCUT2D eigenvalue weighted by Crippen LogP contribution is 2.36. The average Bonchev–Trinajstić information content (AvgIpc) is 2.55. The highest BCUT2D eigenvalue weighted by molar-refractivity contribution is 7.89. The van der Waals surface area contributed by atoms with E-state index in [2.05, 4.69) is 0 Å². The smallest absolute Gasteiger partial charge is 0.207 e. The van der Waals surface area contributed by atoms with Crippen LogP contribution in [0.15, 0.2) is 47.4 Å². The summed E-state index contributed by atoms with van der Waals surface area (Å²) in [5.41, 5.74) is 2.03. The molecule has 0 saturated heterocycles. The van der Waals surface area contributed by atoms with Crippen LogP contribution in [0, 0.1) is 11.6 Å². The molecule has 0 radical (unpaired) electrons. The Labute approximate surface area is 134 Å². The number of nitrogens with zero attached hydrogens (tertiary/aromatic N) is 1. The minimum atomic E-state index is -4.12. The number of rotatable bonds is 3. The first kappa shape index (κ1) is 16.1. The standard InChI is InChI=1S/C17H17F2NO2S/c1-20(16-8-4-6-12-5-2-3-7-14(12)16)23(21,22)17-11-13(18)9-10-15(17)19/h2-3,5,7,9-11,16H,4,6,8H2,1H3. The van der Waals surface area contributed by atoms with Gasteiger partial charge in [-0.3, -0.25) is 0 Å². The number of aryl methyl sites for hydroxylation is 1. The maximum Gasteiger partial charge on any atom is 0.246 e. The Bertz CT molecular complexity index is 836. The molecular weight excluding hydrogens is 320 g/mol. The molecule has 3 rings (SSSR count). The Morgan fingerprint density at radius 2 is 1.87 bits per heavy atom. The van der Waals surface area contributed by atoms with Crippen molar-refractivity contribution >= 4 is 10.0 Å². The van der Waals surface area contributed by atoms with Gasteiger partial charge in [-0.25, -0.2) is 17.2 Å². The number of halogens is 2. The lowest BCUT2D eigenvalue weighted by Gasteiger charge is -2.32. The molecule has 0 bridgehead atoms. The molecule has 0 N–H and O–H groups in total. The van der Waals surface area contributed by atoms with E-state index in [0.29, 0.717) is 6.42 Å². The van der Waals surface area contributed by atoms with Crippen LogP contribution in [-0.4, -0.2) is 19.8 Å². The van der Waals surface area contributed by atoms with Gasteiger partial charge in [-0.15, -0.1) is 0 Å². The van der Waals surface area contributed by atoms with Gasteiger partial charge >= 0.3 is 0 Å². The van der Waals surface area contributed by atoms with Crippen molar-refractivity contribution in [1.82, 2.24) is 4.31 Å². The molecule has 1 aliphatic carbocycles. The molecule has 0 heterocycles. The number of hydrogen-bond acceptors (Lipinski definition) is 2. The van der Waals surface area contributed by atoms with Gasteiger partial charge in [0.05, 0.1) is 0 Å². The third-order valence-electron chi connectivity index (χ3n) is 4.33. The van der Waals surface area contributed by atoms with Crippen molar-refractivity contribution in [2.75, 3.05) is 7.05 Å². The van der Waals surface area contributed by atoms with Crippen LogP contribution >= 0.6 is 0 Å². The second-order valence-electron chi connectivity index (χ2n) is 5.70. The lowest BCUT2D eigenvalue weighted by atomic mass is 9.88. The van der Waals surface area contributed by atoms with Crippen LogP contribution in [0.2, 0.25) is 0 Å². The molecule has 0 saturated carbocycles. The van der Waals surface area contributed by atoms with Crippen LogP contribution in [-0.2, 0) is 16.4 Å². The number of fused-ring (bicyclic) bond motifs is 1. The first-order valence-electron chi connectivity index (χ1n) is 7.42. The van der Waals surface area contributed by atoms with Gasteiger partial charge in [0, 0.05) is 13.1 Å². The van der Waals surface area contributed by atoms with Crippen LogP contribution in [0.5, 0.6) is 0 Å². The second kappa shape index (κ2) is 6.02. The van der Waals surface area contributed by atoms with Gasteiger partial charge in [-0.2, -0.15) is 4.31 Å². The summed E-state index contributed by atoms with van der Waals surface area (Å²) in [7, 11) is -2.69. The van der Waals surface area contributed by atoms with Crippen LogP contribution < -0.4 is 0 Å². The van der Waals surface area contributed by atoms with Gasteiger partial charge < -0.3 is 0 Å². The minimum absolute atomic E-state index is 0.368.